The minimum absolute atomic E-state index is 0.266. The van der Waals surface area contributed by atoms with Gasteiger partial charge in [0, 0.05) is 11.6 Å². The van der Waals surface area contributed by atoms with Crippen molar-refractivity contribution in [1.29, 1.82) is 0 Å². The van der Waals surface area contributed by atoms with Crippen LogP contribution < -0.4 is 10.1 Å². The summed E-state index contributed by atoms with van der Waals surface area (Å²) in [6, 6.07) is 6.54. The molecule has 1 saturated heterocycles. The first-order valence-electron chi connectivity index (χ1n) is 6.75. The molecule has 1 aliphatic heterocycles. The van der Waals surface area contributed by atoms with Crippen LogP contribution in [0.3, 0.4) is 0 Å². The Morgan fingerprint density at radius 1 is 1.20 bits per heavy atom. The Hall–Kier alpha value is -2.01. The van der Waals surface area contributed by atoms with E-state index in [-0.39, 0.29) is 5.82 Å². The maximum absolute atomic E-state index is 12.8. The van der Waals surface area contributed by atoms with Crippen LogP contribution in [0.2, 0.25) is 0 Å². The van der Waals surface area contributed by atoms with Gasteiger partial charge in [-0.15, -0.1) is 0 Å². The molecule has 0 spiro atoms. The second kappa shape index (κ2) is 5.96. The number of hydrogen-bond acceptors (Lipinski definition) is 4. The molecule has 0 aliphatic carbocycles. The number of rotatable bonds is 4. The Morgan fingerprint density at radius 3 is 2.60 bits per heavy atom. The molecule has 0 bridgehead atoms. The largest absolute Gasteiger partial charge is 0.489 e. The van der Waals surface area contributed by atoms with Gasteiger partial charge in [0.15, 0.2) is 11.6 Å². The molecular weight excluding hydrogens is 257 g/mol. The molecule has 2 heterocycles. The van der Waals surface area contributed by atoms with E-state index in [9.17, 15) is 4.39 Å². The van der Waals surface area contributed by atoms with Crippen molar-refractivity contribution in [2.75, 3.05) is 13.2 Å². The Kier molecular flexibility index (Phi) is 3.87. The molecule has 20 heavy (non-hydrogen) atoms. The number of nitrogens with one attached hydrogen (secondary N) is 1. The second-order valence-corrected chi connectivity index (χ2v) is 4.85. The van der Waals surface area contributed by atoms with Gasteiger partial charge in [0.2, 0.25) is 0 Å². The van der Waals surface area contributed by atoms with Gasteiger partial charge in [-0.25, -0.2) is 14.4 Å². The predicted molar refractivity (Wildman–Crippen MR) is 73.9 cm³/mol. The van der Waals surface area contributed by atoms with Gasteiger partial charge < -0.3 is 10.1 Å². The summed E-state index contributed by atoms with van der Waals surface area (Å²) in [5.74, 6) is 0.957. The van der Waals surface area contributed by atoms with Crippen LogP contribution >= 0.6 is 0 Å². The van der Waals surface area contributed by atoms with Gasteiger partial charge in [0.05, 0.1) is 12.4 Å². The molecule has 1 atom stereocenters. The Morgan fingerprint density at radius 2 is 1.95 bits per heavy atom. The molecule has 2 aromatic rings. The molecule has 0 saturated carbocycles. The van der Waals surface area contributed by atoms with Crippen LogP contribution in [0.25, 0.3) is 11.4 Å². The van der Waals surface area contributed by atoms with E-state index in [1.807, 2.05) is 0 Å². The summed E-state index contributed by atoms with van der Waals surface area (Å²) in [6.45, 7) is 1.70. The monoisotopic (exact) mass is 273 g/mol. The van der Waals surface area contributed by atoms with Crippen LogP contribution in [-0.4, -0.2) is 29.2 Å². The quantitative estimate of drug-likeness (QED) is 0.929. The van der Waals surface area contributed by atoms with Crippen molar-refractivity contribution in [3.63, 3.8) is 0 Å². The second-order valence-electron chi connectivity index (χ2n) is 4.85. The van der Waals surface area contributed by atoms with Crippen molar-refractivity contribution in [2.45, 2.75) is 18.9 Å². The van der Waals surface area contributed by atoms with Crippen LogP contribution in [0.15, 0.2) is 36.7 Å². The summed E-state index contributed by atoms with van der Waals surface area (Å²) in [4.78, 5) is 8.49. The van der Waals surface area contributed by atoms with E-state index in [0.717, 1.165) is 18.5 Å². The molecule has 1 N–H and O–H groups in total. The van der Waals surface area contributed by atoms with E-state index in [1.54, 1.807) is 24.5 Å². The zero-order chi connectivity index (χ0) is 13.8. The fourth-order valence-corrected chi connectivity index (χ4v) is 2.23. The first kappa shape index (κ1) is 13.0. The molecule has 1 aliphatic rings. The molecule has 1 fully saturated rings. The summed E-state index contributed by atoms with van der Waals surface area (Å²) in [6.07, 6.45) is 5.66. The lowest BCUT2D eigenvalue weighted by molar-refractivity contribution is 0.275. The van der Waals surface area contributed by atoms with E-state index in [1.165, 1.54) is 18.6 Å². The van der Waals surface area contributed by atoms with Crippen LogP contribution in [0.5, 0.6) is 5.75 Å². The normalized spacial score (nSPS) is 18.1. The predicted octanol–water partition coefficient (Wildman–Crippen LogP) is 2.41. The zero-order valence-electron chi connectivity index (χ0n) is 11.1. The van der Waals surface area contributed by atoms with Crippen molar-refractivity contribution in [3.8, 4) is 17.1 Å². The lowest BCUT2D eigenvalue weighted by Gasteiger charge is -2.11. The van der Waals surface area contributed by atoms with Gasteiger partial charge in [-0.05, 0) is 43.7 Å². The van der Waals surface area contributed by atoms with E-state index >= 15 is 0 Å². The molecule has 1 aromatic heterocycles. The SMILES string of the molecule is Fc1ccc(-c2ncc(OCC3CCCN3)cn2)cc1. The maximum Gasteiger partial charge on any atom is 0.159 e. The van der Waals surface area contributed by atoms with Crippen LogP contribution in [0, 0.1) is 5.82 Å². The van der Waals surface area contributed by atoms with Crippen LogP contribution in [0.1, 0.15) is 12.8 Å². The highest BCUT2D eigenvalue weighted by molar-refractivity contribution is 5.54. The number of benzene rings is 1. The molecule has 1 unspecified atom stereocenters. The molecular formula is C15H16FN3O. The highest BCUT2D eigenvalue weighted by Gasteiger charge is 2.14. The highest BCUT2D eigenvalue weighted by Crippen LogP contribution is 2.17. The van der Waals surface area contributed by atoms with Gasteiger partial charge in [-0.1, -0.05) is 0 Å². The van der Waals surface area contributed by atoms with Crippen molar-refractivity contribution < 1.29 is 9.13 Å². The third-order valence-corrected chi connectivity index (χ3v) is 3.34. The average molecular weight is 273 g/mol. The summed E-state index contributed by atoms with van der Waals surface area (Å²) in [5, 5.41) is 3.37. The minimum atomic E-state index is -0.266. The molecule has 3 rings (SSSR count). The third-order valence-electron chi connectivity index (χ3n) is 3.34. The zero-order valence-corrected chi connectivity index (χ0v) is 11.1. The Labute approximate surface area is 117 Å². The standard InChI is InChI=1S/C15H16FN3O/c16-12-5-3-11(4-6-12)15-18-8-14(9-19-15)20-10-13-2-1-7-17-13/h3-6,8-9,13,17H,1-2,7,10H2. The lowest BCUT2D eigenvalue weighted by atomic mass is 10.2. The molecule has 1 aromatic carbocycles. The number of halogens is 1. The summed E-state index contributed by atoms with van der Waals surface area (Å²) < 4.78 is 18.5. The number of aromatic nitrogens is 2. The van der Waals surface area contributed by atoms with Gasteiger partial charge in [-0.3, -0.25) is 0 Å². The third kappa shape index (κ3) is 3.11. The summed E-state index contributed by atoms with van der Waals surface area (Å²) in [7, 11) is 0. The number of nitrogens with zero attached hydrogens (tertiary/aromatic N) is 2. The maximum atomic E-state index is 12.8. The van der Waals surface area contributed by atoms with Crippen molar-refractivity contribution in [1.82, 2.24) is 15.3 Å². The Bertz CT molecular complexity index is 550. The van der Waals surface area contributed by atoms with E-state index < -0.39 is 0 Å². The molecule has 0 amide bonds. The van der Waals surface area contributed by atoms with E-state index in [2.05, 4.69) is 15.3 Å². The van der Waals surface area contributed by atoms with Crippen molar-refractivity contribution in [3.05, 3.63) is 42.5 Å². The molecule has 5 heteroatoms. The first-order chi connectivity index (χ1) is 9.81. The molecule has 0 radical (unpaired) electrons. The number of ether oxygens (including phenoxy) is 1. The van der Waals surface area contributed by atoms with Gasteiger partial charge in [0.1, 0.15) is 12.4 Å². The number of hydrogen-bond donors (Lipinski definition) is 1. The highest BCUT2D eigenvalue weighted by atomic mass is 19.1. The van der Waals surface area contributed by atoms with Gasteiger partial charge >= 0.3 is 0 Å². The minimum Gasteiger partial charge on any atom is -0.489 e. The fourth-order valence-electron chi connectivity index (χ4n) is 2.23. The van der Waals surface area contributed by atoms with E-state index in [4.69, 9.17) is 4.74 Å². The average Bonchev–Trinajstić information content (AvgIpc) is 3.00. The summed E-state index contributed by atoms with van der Waals surface area (Å²) >= 11 is 0. The van der Waals surface area contributed by atoms with Gasteiger partial charge in [-0.2, -0.15) is 0 Å². The topological polar surface area (TPSA) is 47.0 Å². The van der Waals surface area contributed by atoms with E-state index in [0.29, 0.717) is 24.2 Å². The van der Waals surface area contributed by atoms with Crippen molar-refractivity contribution in [2.24, 2.45) is 0 Å². The first-order valence-corrected chi connectivity index (χ1v) is 6.75. The van der Waals surface area contributed by atoms with Crippen LogP contribution in [0.4, 0.5) is 4.39 Å². The van der Waals surface area contributed by atoms with Gasteiger partial charge in [0.25, 0.3) is 0 Å². The van der Waals surface area contributed by atoms with Crippen LogP contribution in [-0.2, 0) is 0 Å². The van der Waals surface area contributed by atoms with Crippen molar-refractivity contribution >= 4 is 0 Å². The summed E-state index contributed by atoms with van der Waals surface area (Å²) in [5.41, 5.74) is 0.787. The fraction of sp³-hybridized carbons (Fsp3) is 0.333. The smallest absolute Gasteiger partial charge is 0.159 e. The molecule has 104 valence electrons. The molecule has 4 nitrogen and oxygen atoms in total. The lowest BCUT2D eigenvalue weighted by Crippen LogP contribution is -2.28. The Balaban J connectivity index is 1.63.